The Balaban J connectivity index is 3.83. The Labute approximate surface area is 70.6 Å². The van der Waals surface area contributed by atoms with Crippen molar-refractivity contribution in [3.63, 3.8) is 0 Å². The van der Waals surface area contributed by atoms with Crippen molar-refractivity contribution in [2.45, 2.75) is 6.42 Å². The number of rotatable bonds is 3. The van der Waals surface area contributed by atoms with Crippen LogP contribution < -0.4 is 0 Å². The Morgan fingerprint density at radius 3 is 2.18 bits per heavy atom. The Bertz CT molecular complexity index is 234. The van der Waals surface area contributed by atoms with Crippen LogP contribution >= 0.6 is 10.7 Å². The van der Waals surface area contributed by atoms with Crippen molar-refractivity contribution < 1.29 is 13.2 Å². The van der Waals surface area contributed by atoms with Crippen molar-refractivity contribution in [2.24, 2.45) is 0 Å². The summed E-state index contributed by atoms with van der Waals surface area (Å²) in [5.74, 6) is -0.541. The molecule has 0 heterocycles. The van der Waals surface area contributed by atoms with Gasteiger partial charge in [0, 0.05) is 31.2 Å². The molecule has 6 heteroatoms. The minimum atomic E-state index is -3.53. The maximum absolute atomic E-state index is 10.8. The summed E-state index contributed by atoms with van der Waals surface area (Å²) in [4.78, 5) is 12.1. The van der Waals surface area contributed by atoms with E-state index in [2.05, 4.69) is 0 Å². The number of nitrogens with zero attached hydrogens (tertiary/aromatic N) is 1. The molecule has 0 bridgehead atoms. The SMILES string of the molecule is CN(C)C(=O)CCS(=O)(=O)Cl. The Morgan fingerprint density at radius 2 is 1.91 bits per heavy atom. The molecule has 0 rings (SSSR count). The molecule has 0 aromatic carbocycles. The van der Waals surface area contributed by atoms with Gasteiger partial charge in [-0.05, 0) is 0 Å². The average Bonchev–Trinajstić information content (AvgIpc) is 1.80. The molecule has 0 aliphatic rings. The van der Waals surface area contributed by atoms with Gasteiger partial charge in [0.15, 0.2) is 0 Å². The normalized spacial score (nSPS) is 11.2. The fourth-order valence-electron chi connectivity index (χ4n) is 0.433. The van der Waals surface area contributed by atoms with Crippen LogP contribution in [0.4, 0.5) is 0 Å². The molecule has 0 saturated carbocycles. The summed E-state index contributed by atoms with van der Waals surface area (Å²) in [5.41, 5.74) is 0. The highest BCUT2D eigenvalue weighted by atomic mass is 35.7. The van der Waals surface area contributed by atoms with Gasteiger partial charge in [-0.25, -0.2) is 8.42 Å². The smallest absolute Gasteiger partial charge is 0.233 e. The van der Waals surface area contributed by atoms with E-state index in [4.69, 9.17) is 10.7 Å². The summed E-state index contributed by atoms with van der Waals surface area (Å²) in [7, 11) is 4.47. The van der Waals surface area contributed by atoms with Crippen molar-refractivity contribution in [3.05, 3.63) is 0 Å². The lowest BCUT2D eigenvalue weighted by molar-refractivity contribution is -0.128. The minimum absolute atomic E-state index is 0.0567. The van der Waals surface area contributed by atoms with Crippen LogP contribution in [0, 0.1) is 0 Å². The maximum Gasteiger partial charge on any atom is 0.233 e. The number of amides is 1. The van der Waals surface area contributed by atoms with Gasteiger partial charge >= 0.3 is 0 Å². The molecule has 0 aromatic heterocycles. The van der Waals surface area contributed by atoms with E-state index in [1.807, 2.05) is 0 Å². The molecule has 0 fully saturated rings. The van der Waals surface area contributed by atoms with Gasteiger partial charge in [-0.1, -0.05) is 0 Å². The first-order valence-corrected chi connectivity index (χ1v) is 5.43. The third-order valence-corrected chi connectivity index (χ3v) is 2.21. The second kappa shape index (κ2) is 3.92. The Kier molecular flexibility index (Phi) is 3.82. The van der Waals surface area contributed by atoms with E-state index in [0.717, 1.165) is 0 Å². The van der Waals surface area contributed by atoms with Crippen LogP contribution in [-0.2, 0) is 13.8 Å². The first-order valence-electron chi connectivity index (χ1n) is 2.95. The van der Waals surface area contributed by atoms with Gasteiger partial charge in [0.05, 0.1) is 5.75 Å². The molecular formula is C5H10ClNO3S. The van der Waals surface area contributed by atoms with E-state index in [0.29, 0.717) is 0 Å². The van der Waals surface area contributed by atoms with Crippen LogP contribution in [0.1, 0.15) is 6.42 Å². The van der Waals surface area contributed by atoms with E-state index in [1.165, 1.54) is 4.90 Å². The van der Waals surface area contributed by atoms with Crippen molar-refractivity contribution in [2.75, 3.05) is 19.8 Å². The van der Waals surface area contributed by atoms with Gasteiger partial charge < -0.3 is 4.90 Å². The predicted octanol–water partition coefficient (Wildman–Crippen LogP) is 0.0333. The van der Waals surface area contributed by atoms with Gasteiger partial charge in [0.2, 0.25) is 15.0 Å². The number of hydrogen-bond acceptors (Lipinski definition) is 3. The third-order valence-electron chi connectivity index (χ3n) is 1.06. The molecule has 66 valence electrons. The zero-order valence-corrected chi connectivity index (χ0v) is 7.94. The third kappa shape index (κ3) is 6.12. The first-order chi connectivity index (χ1) is 4.83. The van der Waals surface area contributed by atoms with Crippen LogP contribution in [0.5, 0.6) is 0 Å². The zero-order chi connectivity index (χ0) is 9.07. The second-order valence-corrected chi connectivity index (χ2v) is 5.18. The summed E-state index contributed by atoms with van der Waals surface area (Å²) in [6.07, 6.45) is -0.0567. The minimum Gasteiger partial charge on any atom is -0.349 e. The number of hydrogen-bond donors (Lipinski definition) is 0. The van der Waals surface area contributed by atoms with E-state index in [9.17, 15) is 13.2 Å². The van der Waals surface area contributed by atoms with Crippen molar-refractivity contribution in [3.8, 4) is 0 Å². The monoisotopic (exact) mass is 199 g/mol. The molecule has 0 spiro atoms. The fourth-order valence-corrected chi connectivity index (χ4v) is 1.08. The van der Waals surface area contributed by atoms with E-state index < -0.39 is 9.05 Å². The van der Waals surface area contributed by atoms with Crippen molar-refractivity contribution in [1.29, 1.82) is 0 Å². The molecule has 0 atom stereocenters. The molecule has 1 amide bonds. The fraction of sp³-hybridized carbons (Fsp3) is 0.800. The second-order valence-electron chi connectivity index (χ2n) is 2.28. The van der Waals surface area contributed by atoms with Crippen molar-refractivity contribution in [1.82, 2.24) is 4.90 Å². The molecule has 11 heavy (non-hydrogen) atoms. The maximum atomic E-state index is 10.8. The van der Waals surface area contributed by atoms with Crippen LogP contribution in [0.15, 0.2) is 0 Å². The highest BCUT2D eigenvalue weighted by Gasteiger charge is 2.10. The zero-order valence-electron chi connectivity index (χ0n) is 6.37. The topological polar surface area (TPSA) is 54.5 Å². The molecule has 0 unspecified atom stereocenters. The molecule has 4 nitrogen and oxygen atoms in total. The summed E-state index contributed by atoms with van der Waals surface area (Å²) < 4.78 is 20.7. The number of carbonyl (C=O) groups excluding carboxylic acids is 1. The number of halogens is 1. The van der Waals surface area contributed by atoms with Crippen LogP contribution in [0.25, 0.3) is 0 Å². The van der Waals surface area contributed by atoms with Gasteiger partial charge in [-0.2, -0.15) is 0 Å². The molecule has 0 aliphatic carbocycles. The molecule has 0 radical (unpaired) electrons. The van der Waals surface area contributed by atoms with Crippen molar-refractivity contribution >= 4 is 25.6 Å². The van der Waals surface area contributed by atoms with E-state index >= 15 is 0 Å². The highest BCUT2D eigenvalue weighted by molar-refractivity contribution is 8.13. The lowest BCUT2D eigenvalue weighted by Crippen LogP contribution is -2.23. The summed E-state index contributed by atoms with van der Waals surface area (Å²) in [5, 5.41) is 0. The Morgan fingerprint density at radius 1 is 1.45 bits per heavy atom. The van der Waals surface area contributed by atoms with Crippen LogP contribution in [0.3, 0.4) is 0 Å². The van der Waals surface area contributed by atoms with Gasteiger partial charge in [0.25, 0.3) is 0 Å². The van der Waals surface area contributed by atoms with Crippen LogP contribution in [-0.4, -0.2) is 39.1 Å². The Hall–Kier alpha value is -0.290. The molecular weight excluding hydrogens is 190 g/mol. The molecule has 0 N–H and O–H groups in total. The average molecular weight is 200 g/mol. The quantitative estimate of drug-likeness (QED) is 0.603. The highest BCUT2D eigenvalue weighted by Crippen LogP contribution is 1.99. The summed E-state index contributed by atoms with van der Waals surface area (Å²) in [6, 6.07) is 0. The lowest BCUT2D eigenvalue weighted by atomic mass is 10.4. The summed E-state index contributed by atoms with van der Waals surface area (Å²) in [6.45, 7) is 0. The van der Waals surface area contributed by atoms with E-state index in [1.54, 1.807) is 14.1 Å². The predicted molar refractivity (Wildman–Crippen MR) is 43.0 cm³/mol. The molecule has 0 saturated heterocycles. The van der Waals surface area contributed by atoms with Gasteiger partial charge in [-0.15, -0.1) is 0 Å². The largest absolute Gasteiger partial charge is 0.349 e. The van der Waals surface area contributed by atoms with Gasteiger partial charge in [0.1, 0.15) is 0 Å². The van der Waals surface area contributed by atoms with E-state index in [-0.39, 0.29) is 18.1 Å². The summed E-state index contributed by atoms with van der Waals surface area (Å²) >= 11 is 0. The lowest BCUT2D eigenvalue weighted by Gasteiger charge is -2.07. The van der Waals surface area contributed by atoms with Gasteiger partial charge in [-0.3, -0.25) is 4.79 Å². The number of carbonyl (C=O) groups is 1. The van der Waals surface area contributed by atoms with Crippen LogP contribution in [0.2, 0.25) is 0 Å². The standard InChI is InChI=1S/C5H10ClNO3S/c1-7(2)5(8)3-4-11(6,9)10/h3-4H2,1-2H3. The molecule has 0 aromatic rings. The molecule has 0 aliphatic heterocycles. The first kappa shape index (κ1) is 10.7.